The molecule has 0 bridgehead atoms. The lowest BCUT2D eigenvalue weighted by molar-refractivity contribution is -0.151. The molecule has 1 saturated heterocycles. The summed E-state index contributed by atoms with van der Waals surface area (Å²) in [6.07, 6.45) is 0.580. The van der Waals surface area contributed by atoms with E-state index in [0.29, 0.717) is 6.42 Å². The Hall–Kier alpha value is -2.91. The van der Waals surface area contributed by atoms with Crippen LogP contribution >= 0.6 is 19.6 Å². The number of benzene rings is 2. The predicted octanol–water partition coefficient (Wildman–Crippen LogP) is 5.08. The number of phosphoric ester groups is 1. The molecule has 2 aliphatic heterocycles. The van der Waals surface area contributed by atoms with Gasteiger partial charge in [0.25, 0.3) is 5.91 Å². The van der Waals surface area contributed by atoms with E-state index in [1.807, 2.05) is 60.7 Å². The minimum Gasteiger partial charge on any atom is -0.456 e. The van der Waals surface area contributed by atoms with E-state index in [1.165, 1.54) is 23.6 Å². The van der Waals surface area contributed by atoms with Crippen LogP contribution in [-0.2, 0) is 45.5 Å². The Morgan fingerprint density at radius 2 is 1.59 bits per heavy atom. The van der Waals surface area contributed by atoms with Gasteiger partial charge in [0, 0.05) is 6.42 Å². The number of esters is 1. The molecule has 37 heavy (non-hydrogen) atoms. The van der Waals surface area contributed by atoms with Crippen LogP contribution in [0.5, 0.6) is 0 Å². The van der Waals surface area contributed by atoms with E-state index in [-0.39, 0.29) is 37.2 Å². The topological polar surface area (TPSA) is 104 Å². The van der Waals surface area contributed by atoms with Gasteiger partial charge in [-0.25, -0.2) is 9.36 Å². The molecule has 0 saturated carbocycles. The Morgan fingerprint density at radius 1 is 1.00 bits per heavy atom. The summed E-state index contributed by atoms with van der Waals surface area (Å²) in [5.41, 5.74) is 1.70. The summed E-state index contributed by atoms with van der Waals surface area (Å²) >= 11 is 1.41. The van der Waals surface area contributed by atoms with Crippen molar-refractivity contribution in [2.24, 2.45) is 4.99 Å². The molecular formula is C26H29N2O7PS. The van der Waals surface area contributed by atoms with Gasteiger partial charge in [-0.05, 0) is 31.9 Å². The van der Waals surface area contributed by atoms with E-state index in [0.717, 1.165) is 16.2 Å². The first-order chi connectivity index (χ1) is 17.8. The van der Waals surface area contributed by atoms with Crippen molar-refractivity contribution in [3.8, 4) is 0 Å². The number of aliphatic imine (C=N–C) groups is 1. The van der Waals surface area contributed by atoms with Gasteiger partial charge in [0.05, 0.1) is 18.3 Å². The Bertz CT molecular complexity index is 1230. The molecule has 2 aromatic carbocycles. The first kappa shape index (κ1) is 27.1. The van der Waals surface area contributed by atoms with Crippen molar-refractivity contribution in [2.45, 2.75) is 45.2 Å². The first-order valence-corrected chi connectivity index (χ1v) is 14.3. The molecule has 0 aromatic heterocycles. The highest BCUT2D eigenvalue weighted by Crippen LogP contribution is 2.52. The van der Waals surface area contributed by atoms with E-state index in [4.69, 9.17) is 18.3 Å². The van der Waals surface area contributed by atoms with Crippen LogP contribution in [0, 0.1) is 0 Å². The quantitative estimate of drug-likeness (QED) is 0.120. The lowest BCUT2D eigenvalue weighted by Crippen LogP contribution is -2.61. The number of hydrogen-bond acceptors (Lipinski definition) is 9. The number of β-lactam (4-membered cyclic amide) rings is 1. The van der Waals surface area contributed by atoms with E-state index in [2.05, 4.69) is 4.99 Å². The highest BCUT2D eigenvalue weighted by molar-refractivity contribution is 8.14. The Balaban J connectivity index is 1.58. The lowest BCUT2D eigenvalue weighted by Gasteiger charge is -2.41. The number of phosphoric acid groups is 1. The van der Waals surface area contributed by atoms with Crippen molar-refractivity contribution in [3.05, 3.63) is 83.2 Å². The number of thioether (sulfide) groups is 1. The van der Waals surface area contributed by atoms with Crippen LogP contribution in [-0.4, -0.2) is 46.4 Å². The number of allylic oxidation sites excluding steroid dienone is 1. The molecule has 0 aliphatic carbocycles. The maximum atomic E-state index is 13.3. The van der Waals surface area contributed by atoms with Crippen LogP contribution in [0.25, 0.3) is 0 Å². The molecule has 2 aliphatic rings. The third kappa shape index (κ3) is 6.33. The molecule has 2 heterocycles. The normalized spacial score (nSPS) is 19.5. The third-order valence-corrected chi connectivity index (χ3v) is 8.43. The minimum atomic E-state index is -4.02. The molecule has 9 nitrogen and oxygen atoms in total. The van der Waals surface area contributed by atoms with Gasteiger partial charge < -0.3 is 9.26 Å². The maximum Gasteiger partial charge on any atom is 0.529 e. The van der Waals surface area contributed by atoms with Crippen molar-refractivity contribution in [2.75, 3.05) is 13.2 Å². The average Bonchev–Trinajstić information content (AvgIpc) is 3.25. The molecule has 2 atom stereocenters. The summed E-state index contributed by atoms with van der Waals surface area (Å²) in [4.78, 5) is 32.4. The fourth-order valence-corrected chi connectivity index (χ4v) is 6.48. The highest BCUT2D eigenvalue weighted by atomic mass is 32.2. The average molecular weight is 545 g/mol. The zero-order valence-electron chi connectivity index (χ0n) is 20.9. The number of carbonyl (C=O) groups is 2. The SMILES string of the molecule is CCOP(=O)(OCC)OC(C)=C(C(=O)OCc1ccccc1)N1C(=O)C2N=C(Cc3ccccc3)SC21. The summed E-state index contributed by atoms with van der Waals surface area (Å²) in [5, 5.41) is 0.351. The number of likely N-dealkylation sites (tertiary alicyclic amines) is 1. The fraction of sp³-hybridized carbons (Fsp3) is 0.346. The molecule has 1 amide bonds. The second kappa shape index (κ2) is 12.1. The number of hydrogen-bond donors (Lipinski definition) is 0. The number of amides is 1. The van der Waals surface area contributed by atoms with Crippen LogP contribution in [0.2, 0.25) is 0 Å². The van der Waals surface area contributed by atoms with Crippen molar-refractivity contribution in [1.82, 2.24) is 4.90 Å². The van der Waals surface area contributed by atoms with Gasteiger partial charge in [-0.2, -0.15) is 0 Å². The van der Waals surface area contributed by atoms with E-state index in [1.54, 1.807) is 13.8 Å². The van der Waals surface area contributed by atoms with Gasteiger partial charge in [0.2, 0.25) is 0 Å². The van der Waals surface area contributed by atoms with E-state index >= 15 is 0 Å². The van der Waals surface area contributed by atoms with Gasteiger partial charge >= 0.3 is 13.8 Å². The zero-order valence-corrected chi connectivity index (χ0v) is 22.6. The maximum absolute atomic E-state index is 13.3. The second-order valence-corrected chi connectivity index (χ2v) is 11.0. The van der Waals surface area contributed by atoms with Crippen LogP contribution in [0.15, 0.2) is 77.1 Å². The standard InChI is InChI=1S/C26H29N2O7PS/c1-4-33-36(31,34-5-2)35-18(3)23(26(30)32-17-20-14-10-7-11-15-20)28-24(29)22-25(28)37-21(27-22)16-19-12-8-6-9-13-19/h6-15,22,25H,4-5,16-17H2,1-3H3. The number of fused-ring (bicyclic) bond motifs is 1. The minimum absolute atomic E-state index is 0.00986. The molecule has 196 valence electrons. The Labute approximate surface area is 220 Å². The highest BCUT2D eigenvalue weighted by Gasteiger charge is 2.55. The molecule has 2 aromatic rings. The van der Waals surface area contributed by atoms with Crippen molar-refractivity contribution in [3.63, 3.8) is 0 Å². The van der Waals surface area contributed by atoms with Gasteiger partial charge in [0.15, 0.2) is 11.7 Å². The monoisotopic (exact) mass is 544 g/mol. The van der Waals surface area contributed by atoms with Crippen LogP contribution < -0.4 is 0 Å². The molecular weight excluding hydrogens is 515 g/mol. The third-order valence-electron chi connectivity index (χ3n) is 5.56. The largest absolute Gasteiger partial charge is 0.529 e. The summed E-state index contributed by atoms with van der Waals surface area (Å²) in [7, 11) is -4.02. The lowest BCUT2D eigenvalue weighted by atomic mass is 10.1. The van der Waals surface area contributed by atoms with Gasteiger partial charge in [0.1, 0.15) is 17.7 Å². The van der Waals surface area contributed by atoms with Crippen molar-refractivity contribution in [1.29, 1.82) is 0 Å². The zero-order chi connectivity index (χ0) is 26.4. The number of rotatable bonds is 12. The summed E-state index contributed by atoms with van der Waals surface area (Å²) in [6, 6.07) is 18.4. The van der Waals surface area contributed by atoms with Gasteiger partial charge in [-0.15, -0.1) is 0 Å². The van der Waals surface area contributed by atoms with E-state index < -0.39 is 25.2 Å². The molecule has 11 heteroatoms. The smallest absolute Gasteiger partial charge is 0.456 e. The van der Waals surface area contributed by atoms with Crippen LogP contribution in [0.3, 0.4) is 0 Å². The van der Waals surface area contributed by atoms with Crippen LogP contribution in [0.1, 0.15) is 31.9 Å². The molecule has 0 spiro atoms. The number of nitrogens with zero attached hydrogens (tertiary/aromatic N) is 2. The van der Waals surface area contributed by atoms with E-state index in [9.17, 15) is 14.2 Å². The Kier molecular flexibility index (Phi) is 8.87. The number of ether oxygens (including phenoxy) is 1. The summed E-state index contributed by atoms with van der Waals surface area (Å²) in [6.45, 7) is 4.86. The fourth-order valence-electron chi connectivity index (χ4n) is 3.93. The van der Waals surface area contributed by atoms with Crippen molar-refractivity contribution >= 4 is 36.5 Å². The van der Waals surface area contributed by atoms with Crippen molar-refractivity contribution < 1.29 is 32.5 Å². The first-order valence-electron chi connectivity index (χ1n) is 12.0. The van der Waals surface area contributed by atoms with Gasteiger partial charge in [-0.3, -0.25) is 23.7 Å². The molecule has 1 fully saturated rings. The molecule has 2 unspecified atom stereocenters. The Morgan fingerprint density at radius 3 is 2.19 bits per heavy atom. The molecule has 0 radical (unpaired) electrons. The predicted molar refractivity (Wildman–Crippen MR) is 140 cm³/mol. The summed E-state index contributed by atoms with van der Waals surface area (Å²) < 4.78 is 34.6. The second-order valence-electron chi connectivity index (χ2n) is 8.19. The van der Waals surface area contributed by atoms with Crippen LogP contribution in [0.4, 0.5) is 0 Å². The molecule has 0 N–H and O–H groups in total. The summed E-state index contributed by atoms with van der Waals surface area (Å²) in [5.74, 6) is -1.24. The van der Waals surface area contributed by atoms with Gasteiger partial charge in [-0.1, -0.05) is 72.4 Å². The molecule has 4 rings (SSSR count). The number of carbonyl (C=O) groups excluding carboxylic acids is 2.